The zero-order valence-corrected chi connectivity index (χ0v) is 18.1. The third-order valence-corrected chi connectivity index (χ3v) is 6.78. The lowest BCUT2D eigenvalue weighted by molar-refractivity contribution is 0.683. The highest BCUT2D eigenvalue weighted by molar-refractivity contribution is 7.85. The quantitative estimate of drug-likeness (QED) is 0.408. The molecule has 1 unspecified atom stereocenters. The van der Waals surface area contributed by atoms with Gasteiger partial charge in [0.15, 0.2) is 0 Å². The van der Waals surface area contributed by atoms with Gasteiger partial charge in [0, 0.05) is 27.7 Å². The number of hydrogen-bond donors (Lipinski definition) is 2. The van der Waals surface area contributed by atoms with E-state index in [1.807, 2.05) is 48.5 Å². The first-order chi connectivity index (χ1) is 15.0. The van der Waals surface area contributed by atoms with Crippen molar-refractivity contribution in [1.29, 1.82) is 0 Å². The van der Waals surface area contributed by atoms with E-state index in [0.717, 1.165) is 27.6 Å². The van der Waals surface area contributed by atoms with E-state index < -0.39 is 10.8 Å². The molecule has 8 heteroatoms. The van der Waals surface area contributed by atoms with E-state index in [4.69, 9.17) is 16.6 Å². The van der Waals surface area contributed by atoms with E-state index in [-0.39, 0.29) is 10.5 Å². The van der Waals surface area contributed by atoms with Crippen LogP contribution in [0.5, 0.6) is 0 Å². The predicted molar refractivity (Wildman–Crippen MR) is 125 cm³/mol. The van der Waals surface area contributed by atoms with Gasteiger partial charge in [-0.3, -0.25) is 14.1 Å². The maximum absolute atomic E-state index is 12.5. The molecule has 0 amide bonds. The van der Waals surface area contributed by atoms with Crippen molar-refractivity contribution in [2.45, 2.75) is 11.8 Å². The Bertz CT molecular complexity index is 1530. The fourth-order valence-corrected chi connectivity index (χ4v) is 4.74. The van der Waals surface area contributed by atoms with Crippen LogP contribution in [0.3, 0.4) is 0 Å². The van der Waals surface area contributed by atoms with Crippen LogP contribution in [0.4, 0.5) is 0 Å². The molecular weight excluding hydrogens is 432 g/mol. The summed E-state index contributed by atoms with van der Waals surface area (Å²) >= 11 is 6.50. The molecule has 0 saturated carbocycles. The molecule has 2 aromatic carbocycles. The van der Waals surface area contributed by atoms with Crippen LogP contribution in [-0.4, -0.2) is 30.1 Å². The topological polar surface area (TPSA) is 91.5 Å². The van der Waals surface area contributed by atoms with Crippen LogP contribution >= 0.6 is 11.6 Å². The molecule has 0 saturated heterocycles. The van der Waals surface area contributed by atoms with Crippen LogP contribution in [0.2, 0.25) is 5.02 Å². The van der Waals surface area contributed by atoms with E-state index in [0.29, 0.717) is 27.5 Å². The molecular formula is C23H17ClN4O2S. The fourth-order valence-electron chi connectivity index (χ4n) is 3.65. The zero-order chi connectivity index (χ0) is 21.5. The van der Waals surface area contributed by atoms with Crippen molar-refractivity contribution in [1.82, 2.24) is 20.2 Å². The average molecular weight is 449 g/mol. The van der Waals surface area contributed by atoms with Crippen LogP contribution in [0, 0.1) is 0 Å². The van der Waals surface area contributed by atoms with Gasteiger partial charge in [-0.05, 0) is 29.8 Å². The molecule has 0 radical (unpaired) electrons. The fraction of sp³-hybridized carbons (Fsp3) is 0.0870. The number of rotatable bonds is 4. The van der Waals surface area contributed by atoms with E-state index in [2.05, 4.69) is 15.2 Å². The summed E-state index contributed by atoms with van der Waals surface area (Å²) in [7, 11) is -1.37. The lowest BCUT2D eigenvalue weighted by Crippen LogP contribution is -2.15. The summed E-state index contributed by atoms with van der Waals surface area (Å²) < 4.78 is 12.3. The number of hydrogen-bond acceptors (Lipinski definition) is 4. The average Bonchev–Trinajstić information content (AvgIpc) is 3.27. The molecule has 3 aromatic heterocycles. The van der Waals surface area contributed by atoms with Crippen molar-refractivity contribution in [2.24, 2.45) is 0 Å². The number of nitrogens with one attached hydrogen (secondary N) is 2. The second-order valence-electron chi connectivity index (χ2n) is 7.08. The maximum atomic E-state index is 12.5. The zero-order valence-electron chi connectivity index (χ0n) is 16.5. The molecule has 31 heavy (non-hydrogen) atoms. The Morgan fingerprint density at radius 1 is 1.03 bits per heavy atom. The maximum Gasteiger partial charge on any atom is 0.265 e. The van der Waals surface area contributed by atoms with Crippen molar-refractivity contribution in [3.63, 3.8) is 0 Å². The van der Waals surface area contributed by atoms with Crippen LogP contribution in [0.25, 0.3) is 44.3 Å². The third kappa shape index (κ3) is 3.45. The smallest absolute Gasteiger partial charge is 0.265 e. The number of nitrogens with zero attached hydrogens (tertiary/aromatic N) is 2. The minimum absolute atomic E-state index is 0.249. The SMILES string of the molecule is CCS(=O)c1cc2cc(-c3cc(Cl)c4[nH]ncc4c3)c(-c3ccccc3)nc2[nH]c1=O. The molecule has 0 aliphatic carbocycles. The molecule has 154 valence electrons. The largest absolute Gasteiger partial charge is 0.306 e. The van der Waals surface area contributed by atoms with Crippen molar-refractivity contribution in [3.05, 3.63) is 76.2 Å². The van der Waals surface area contributed by atoms with E-state index >= 15 is 0 Å². The van der Waals surface area contributed by atoms with Gasteiger partial charge in [0.2, 0.25) is 0 Å². The number of aromatic nitrogens is 4. The van der Waals surface area contributed by atoms with E-state index in [1.165, 1.54) is 0 Å². The van der Waals surface area contributed by atoms with Crippen molar-refractivity contribution < 1.29 is 4.21 Å². The first kappa shape index (κ1) is 19.7. The Hall–Kier alpha value is -3.29. The molecule has 0 fully saturated rings. The van der Waals surface area contributed by atoms with Gasteiger partial charge in [0.1, 0.15) is 10.5 Å². The molecule has 1 atom stereocenters. The normalized spacial score (nSPS) is 12.5. The van der Waals surface area contributed by atoms with E-state index in [9.17, 15) is 9.00 Å². The lowest BCUT2D eigenvalue weighted by Gasteiger charge is -2.13. The highest BCUT2D eigenvalue weighted by Crippen LogP contribution is 2.36. The highest BCUT2D eigenvalue weighted by atomic mass is 35.5. The Labute approximate surface area is 184 Å². The van der Waals surface area contributed by atoms with Crippen LogP contribution in [0.1, 0.15) is 6.92 Å². The summed E-state index contributed by atoms with van der Waals surface area (Å²) in [5.41, 5.74) is 4.18. The number of aromatic amines is 2. The van der Waals surface area contributed by atoms with Gasteiger partial charge in [-0.15, -0.1) is 0 Å². The standard InChI is InChI=1S/C23H17ClN4O2S/c1-2-31(30)19-11-15-9-17(14-8-16-12-25-28-21(16)18(24)10-14)20(13-6-4-3-5-7-13)26-22(15)27-23(19)29/h3-12H,2H2,1H3,(H,25,28)(H,26,27,29). The van der Waals surface area contributed by atoms with Gasteiger partial charge >= 0.3 is 0 Å². The summed E-state index contributed by atoms with van der Waals surface area (Å²) in [6.07, 6.45) is 1.72. The van der Waals surface area contributed by atoms with Gasteiger partial charge < -0.3 is 4.98 Å². The Balaban J connectivity index is 1.84. The second-order valence-corrected chi connectivity index (χ2v) is 9.19. The minimum Gasteiger partial charge on any atom is -0.306 e. The molecule has 0 spiro atoms. The summed E-state index contributed by atoms with van der Waals surface area (Å²) in [5.74, 6) is 0.365. The summed E-state index contributed by atoms with van der Waals surface area (Å²) in [5, 5.41) is 9.13. The molecule has 3 heterocycles. The number of halogens is 1. The highest BCUT2D eigenvalue weighted by Gasteiger charge is 2.16. The first-order valence-electron chi connectivity index (χ1n) is 9.70. The third-order valence-electron chi connectivity index (χ3n) is 5.16. The van der Waals surface area contributed by atoms with Crippen molar-refractivity contribution in [2.75, 3.05) is 5.75 Å². The van der Waals surface area contributed by atoms with Gasteiger partial charge in [-0.1, -0.05) is 48.9 Å². The van der Waals surface area contributed by atoms with Crippen LogP contribution in [-0.2, 0) is 10.8 Å². The minimum atomic E-state index is -1.37. The number of pyridine rings is 2. The molecule has 2 N–H and O–H groups in total. The monoisotopic (exact) mass is 448 g/mol. The number of benzene rings is 2. The Morgan fingerprint density at radius 2 is 1.84 bits per heavy atom. The Kier molecular flexibility index (Phi) is 4.92. The summed E-state index contributed by atoms with van der Waals surface area (Å²) in [4.78, 5) is 20.3. The van der Waals surface area contributed by atoms with Crippen LogP contribution < -0.4 is 5.56 Å². The van der Waals surface area contributed by atoms with Gasteiger partial charge in [-0.2, -0.15) is 5.10 Å². The second kappa shape index (κ2) is 7.76. The molecule has 6 nitrogen and oxygen atoms in total. The first-order valence-corrected chi connectivity index (χ1v) is 11.4. The predicted octanol–water partition coefficient (Wildman–Crippen LogP) is 4.91. The molecule has 5 rings (SSSR count). The lowest BCUT2D eigenvalue weighted by atomic mass is 9.97. The molecule has 0 bridgehead atoms. The van der Waals surface area contributed by atoms with E-state index in [1.54, 1.807) is 19.2 Å². The number of H-pyrrole nitrogens is 2. The summed E-state index contributed by atoms with van der Waals surface area (Å²) in [6.45, 7) is 1.78. The number of fused-ring (bicyclic) bond motifs is 2. The van der Waals surface area contributed by atoms with Crippen molar-refractivity contribution >= 4 is 44.3 Å². The summed E-state index contributed by atoms with van der Waals surface area (Å²) in [6, 6.07) is 17.2. The van der Waals surface area contributed by atoms with Crippen LogP contribution in [0.15, 0.2) is 70.5 Å². The van der Waals surface area contributed by atoms with Gasteiger partial charge in [-0.25, -0.2) is 4.98 Å². The van der Waals surface area contributed by atoms with Crippen molar-refractivity contribution in [3.8, 4) is 22.4 Å². The molecule has 5 aromatic rings. The molecule has 0 aliphatic heterocycles. The van der Waals surface area contributed by atoms with Gasteiger partial charge in [0.25, 0.3) is 5.56 Å². The Morgan fingerprint density at radius 3 is 2.61 bits per heavy atom. The van der Waals surface area contributed by atoms with Gasteiger partial charge in [0.05, 0.1) is 33.2 Å². The molecule has 0 aliphatic rings.